The molecule has 2 aromatic rings. The van der Waals surface area contributed by atoms with Crippen LogP contribution in [0.1, 0.15) is 28.9 Å². The molecule has 2 N–H and O–H groups in total. The van der Waals surface area contributed by atoms with Gasteiger partial charge >= 0.3 is 0 Å². The number of nitrogens with one attached hydrogen (secondary N) is 2. The van der Waals surface area contributed by atoms with Gasteiger partial charge in [0.2, 0.25) is 0 Å². The number of carbonyl (C=O) groups is 1. The first-order chi connectivity index (χ1) is 10.2. The summed E-state index contributed by atoms with van der Waals surface area (Å²) in [6, 6.07) is 2.27. The number of hydrogen-bond acceptors (Lipinski definition) is 5. The van der Waals surface area contributed by atoms with Crippen LogP contribution in [0.2, 0.25) is 0 Å². The van der Waals surface area contributed by atoms with E-state index in [1.54, 1.807) is 18.7 Å². The second-order valence-corrected chi connectivity index (χ2v) is 5.24. The van der Waals surface area contributed by atoms with Gasteiger partial charge in [-0.15, -0.1) is 0 Å². The fourth-order valence-corrected chi connectivity index (χ4v) is 2.52. The van der Waals surface area contributed by atoms with Crippen LogP contribution in [0, 0.1) is 6.92 Å². The van der Waals surface area contributed by atoms with Gasteiger partial charge in [0, 0.05) is 37.1 Å². The summed E-state index contributed by atoms with van der Waals surface area (Å²) in [5.41, 5.74) is 1.56. The summed E-state index contributed by atoms with van der Waals surface area (Å²) in [7, 11) is 0. The van der Waals surface area contributed by atoms with Crippen LogP contribution in [0.5, 0.6) is 0 Å². The number of hydrogen-bond donors (Lipinski definition) is 2. The molecule has 21 heavy (non-hydrogen) atoms. The molecule has 7 nitrogen and oxygen atoms in total. The van der Waals surface area contributed by atoms with E-state index in [9.17, 15) is 4.79 Å². The van der Waals surface area contributed by atoms with Gasteiger partial charge in [-0.1, -0.05) is 0 Å². The molecular weight excluding hydrogens is 268 g/mol. The quantitative estimate of drug-likeness (QED) is 0.886. The average molecular weight is 286 g/mol. The predicted octanol–water partition coefficient (Wildman–Crippen LogP) is 1.22. The van der Waals surface area contributed by atoms with Crippen molar-refractivity contribution in [3.8, 4) is 0 Å². The molecule has 3 rings (SSSR count). The molecule has 2 aromatic heterocycles. The third-order valence-corrected chi connectivity index (χ3v) is 3.68. The summed E-state index contributed by atoms with van der Waals surface area (Å²) >= 11 is 0. The maximum absolute atomic E-state index is 12.2. The SMILES string of the molecule is Cc1cc(NC2CCN(C(=O)c3cn[nH]c3)CC2)ncn1. The van der Waals surface area contributed by atoms with E-state index >= 15 is 0 Å². The number of H-pyrrole nitrogens is 1. The fourth-order valence-electron chi connectivity index (χ4n) is 2.52. The minimum atomic E-state index is 0.0417. The lowest BCUT2D eigenvalue weighted by Crippen LogP contribution is -2.42. The summed E-state index contributed by atoms with van der Waals surface area (Å²) in [6.07, 6.45) is 6.58. The average Bonchev–Trinajstić information content (AvgIpc) is 3.01. The summed E-state index contributed by atoms with van der Waals surface area (Å²) in [6.45, 7) is 3.43. The highest BCUT2D eigenvalue weighted by Crippen LogP contribution is 2.17. The molecule has 1 aliphatic heterocycles. The van der Waals surface area contributed by atoms with E-state index in [1.165, 1.54) is 0 Å². The van der Waals surface area contributed by atoms with Crippen molar-refractivity contribution >= 4 is 11.7 Å². The lowest BCUT2D eigenvalue weighted by atomic mass is 10.0. The largest absolute Gasteiger partial charge is 0.367 e. The van der Waals surface area contributed by atoms with Crippen LogP contribution in [0.3, 0.4) is 0 Å². The topological polar surface area (TPSA) is 86.8 Å². The van der Waals surface area contributed by atoms with Crippen molar-refractivity contribution in [2.75, 3.05) is 18.4 Å². The molecule has 1 aliphatic rings. The van der Waals surface area contributed by atoms with Crippen molar-refractivity contribution in [2.45, 2.75) is 25.8 Å². The second kappa shape index (κ2) is 5.90. The highest BCUT2D eigenvalue weighted by atomic mass is 16.2. The van der Waals surface area contributed by atoms with E-state index in [0.29, 0.717) is 11.6 Å². The number of piperidine rings is 1. The highest BCUT2D eigenvalue weighted by Gasteiger charge is 2.24. The number of rotatable bonds is 3. The van der Waals surface area contributed by atoms with Crippen molar-refractivity contribution in [3.05, 3.63) is 36.0 Å². The van der Waals surface area contributed by atoms with Gasteiger partial charge < -0.3 is 10.2 Å². The molecule has 0 aromatic carbocycles. The zero-order chi connectivity index (χ0) is 14.7. The number of anilines is 1. The summed E-state index contributed by atoms with van der Waals surface area (Å²) in [4.78, 5) is 22.4. The molecule has 3 heterocycles. The zero-order valence-corrected chi connectivity index (χ0v) is 11.9. The van der Waals surface area contributed by atoms with E-state index in [1.807, 2.05) is 17.9 Å². The van der Waals surface area contributed by atoms with Gasteiger partial charge in [0.25, 0.3) is 5.91 Å². The van der Waals surface area contributed by atoms with Crippen molar-refractivity contribution in [3.63, 3.8) is 0 Å². The van der Waals surface area contributed by atoms with E-state index in [2.05, 4.69) is 25.5 Å². The van der Waals surface area contributed by atoms with Crippen LogP contribution >= 0.6 is 0 Å². The molecule has 110 valence electrons. The number of amides is 1. The standard InChI is InChI=1S/C14H18N6O/c1-10-6-13(16-9-15-10)19-12-2-4-20(5-3-12)14(21)11-7-17-18-8-11/h6-9,12H,2-5H2,1H3,(H,17,18)(H,15,16,19). The second-order valence-electron chi connectivity index (χ2n) is 5.24. The normalized spacial score (nSPS) is 16.0. The van der Waals surface area contributed by atoms with Gasteiger partial charge in [-0.2, -0.15) is 5.10 Å². The van der Waals surface area contributed by atoms with Crippen LogP contribution in [-0.2, 0) is 0 Å². The Morgan fingerprint density at radius 1 is 1.38 bits per heavy atom. The third-order valence-electron chi connectivity index (χ3n) is 3.68. The van der Waals surface area contributed by atoms with Gasteiger partial charge in [-0.3, -0.25) is 9.89 Å². The molecule has 0 bridgehead atoms. The van der Waals surface area contributed by atoms with Gasteiger partial charge in [-0.05, 0) is 19.8 Å². The van der Waals surface area contributed by atoms with Gasteiger partial charge in [-0.25, -0.2) is 9.97 Å². The van der Waals surface area contributed by atoms with Crippen LogP contribution in [-0.4, -0.2) is 50.1 Å². The summed E-state index contributed by atoms with van der Waals surface area (Å²) in [5.74, 6) is 0.891. The zero-order valence-electron chi connectivity index (χ0n) is 11.9. The molecule has 1 saturated heterocycles. The van der Waals surface area contributed by atoms with Crippen molar-refractivity contribution in [2.24, 2.45) is 0 Å². The highest BCUT2D eigenvalue weighted by molar-refractivity contribution is 5.93. The first-order valence-electron chi connectivity index (χ1n) is 7.05. The molecular formula is C14H18N6O. The van der Waals surface area contributed by atoms with Crippen molar-refractivity contribution in [1.29, 1.82) is 0 Å². The fraction of sp³-hybridized carbons (Fsp3) is 0.429. The molecule has 0 unspecified atom stereocenters. The first kappa shape index (κ1) is 13.5. The van der Waals surface area contributed by atoms with Crippen LogP contribution in [0.15, 0.2) is 24.8 Å². The number of aromatic nitrogens is 4. The molecule has 0 atom stereocenters. The van der Waals surface area contributed by atoms with E-state index in [4.69, 9.17) is 0 Å². The molecule has 1 amide bonds. The first-order valence-corrected chi connectivity index (χ1v) is 7.05. The Morgan fingerprint density at radius 2 is 2.19 bits per heavy atom. The van der Waals surface area contributed by atoms with Crippen LogP contribution < -0.4 is 5.32 Å². The molecule has 0 saturated carbocycles. The van der Waals surface area contributed by atoms with E-state index in [-0.39, 0.29) is 5.91 Å². The lowest BCUT2D eigenvalue weighted by Gasteiger charge is -2.32. The number of aryl methyl sites for hydroxylation is 1. The minimum absolute atomic E-state index is 0.0417. The number of nitrogens with zero attached hydrogens (tertiary/aromatic N) is 4. The Morgan fingerprint density at radius 3 is 2.86 bits per heavy atom. The Hall–Kier alpha value is -2.44. The molecule has 0 aliphatic carbocycles. The van der Waals surface area contributed by atoms with Crippen molar-refractivity contribution in [1.82, 2.24) is 25.1 Å². The smallest absolute Gasteiger partial charge is 0.257 e. The molecule has 7 heteroatoms. The predicted molar refractivity (Wildman–Crippen MR) is 77.9 cm³/mol. The Kier molecular flexibility index (Phi) is 3.81. The summed E-state index contributed by atoms with van der Waals surface area (Å²) < 4.78 is 0. The minimum Gasteiger partial charge on any atom is -0.367 e. The van der Waals surface area contributed by atoms with Crippen LogP contribution in [0.25, 0.3) is 0 Å². The Bertz CT molecular complexity index is 604. The maximum Gasteiger partial charge on any atom is 0.257 e. The van der Waals surface area contributed by atoms with Gasteiger partial charge in [0.1, 0.15) is 12.1 Å². The molecule has 0 spiro atoms. The van der Waals surface area contributed by atoms with Crippen molar-refractivity contribution < 1.29 is 4.79 Å². The Balaban J connectivity index is 1.54. The number of likely N-dealkylation sites (tertiary alicyclic amines) is 1. The summed E-state index contributed by atoms with van der Waals surface area (Å²) in [5, 5.41) is 9.90. The van der Waals surface area contributed by atoms with E-state index < -0.39 is 0 Å². The number of aromatic amines is 1. The molecule has 0 radical (unpaired) electrons. The monoisotopic (exact) mass is 286 g/mol. The van der Waals surface area contributed by atoms with Crippen LogP contribution in [0.4, 0.5) is 5.82 Å². The maximum atomic E-state index is 12.2. The van der Waals surface area contributed by atoms with Gasteiger partial charge in [0.15, 0.2) is 0 Å². The number of carbonyl (C=O) groups excluding carboxylic acids is 1. The Labute approximate surface area is 122 Å². The molecule has 1 fully saturated rings. The lowest BCUT2D eigenvalue weighted by molar-refractivity contribution is 0.0718. The van der Waals surface area contributed by atoms with E-state index in [0.717, 1.165) is 37.4 Å². The van der Waals surface area contributed by atoms with Gasteiger partial charge in [0.05, 0.1) is 11.8 Å². The third kappa shape index (κ3) is 3.18.